The van der Waals surface area contributed by atoms with E-state index in [4.69, 9.17) is 0 Å². The van der Waals surface area contributed by atoms with Gasteiger partial charge in [-0.2, -0.15) is 0 Å². The number of hydrogen-bond acceptors (Lipinski definition) is 2. The fourth-order valence-corrected chi connectivity index (χ4v) is 1.34. The quantitative estimate of drug-likeness (QED) is 0.602. The Bertz CT molecular complexity index is 403. The lowest BCUT2D eigenvalue weighted by Crippen LogP contribution is -2.28. The van der Waals surface area contributed by atoms with Crippen LogP contribution in [0.25, 0.3) is 0 Å². The lowest BCUT2D eigenvalue weighted by molar-refractivity contribution is 0.0793. The molecule has 0 saturated heterocycles. The van der Waals surface area contributed by atoms with Crippen LogP contribution in [0.2, 0.25) is 0 Å². The van der Waals surface area contributed by atoms with E-state index in [0.717, 1.165) is 12.8 Å². The van der Waals surface area contributed by atoms with Gasteiger partial charge >= 0.3 is 0 Å². The molecule has 0 unspecified atom stereocenters. The van der Waals surface area contributed by atoms with Gasteiger partial charge in [0.25, 0.3) is 5.91 Å². The minimum atomic E-state index is -0.203. The number of H-pyrrole nitrogens is 1. The Balaban J connectivity index is 2.59. The molecule has 0 bridgehead atoms. The summed E-state index contributed by atoms with van der Waals surface area (Å²) in [4.78, 5) is 26.8. The molecule has 86 valence electrons. The van der Waals surface area contributed by atoms with Crippen molar-refractivity contribution in [2.45, 2.75) is 12.8 Å². The van der Waals surface area contributed by atoms with Crippen LogP contribution in [0.5, 0.6) is 0 Å². The molecule has 1 N–H and O–H groups in total. The summed E-state index contributed by atoms with van der Waals surface area (Å²) in [6, 6.07) is 2.88. The van der Waals surface area contributed by atoms with Gasteiger partial charge in [0.1, 0.15) is 0 Å². The number of carbonyl (C=O) groups excluding carboxylic acids is 1. The van der Waals surface area contributed by atoms with Crippen LogP contribution in [0.4, 0.5) is 0 Å². The van der Waals surface area contributed by atoms with Crippen LogP contribution in [0.15, 0.2) is 35.8 Å². The molecule has 0 spiro atoms. The predicted octanol–water partition coefficient (Wildman–Crippen LogP) is 1.41. The number of pyridine rings is 1. The third-order valence-electron chi connectivity index (χ3n) is 2.28. The third-order valence-corrected chi connectivity index (χ3v) is 2.28. The van der Waals surface area contributed by atoms with Crippen LogP contribution in [0.3, 0.4) is 0 Å². The molecular weight excluding hydrogens is 204 g/mol. The smallest absolute Gasteiger partial charge is 0.255 e. The maximum Gasteiger partial charge on any atom is 0.255 e. The van der Waals surface area contributed by atoms with Gasteiger partial charge in [-0.25, -0.2) is 0 Å². The van der Waals surface area contributed by atoms with Gasteiger partial charge in [-0.15, -0.1) is 6.58 Å². The molecule has 1 heterocycles. The molecular formula is C12H16N2O2. The summed E-state index contributed by atoms with van der Waals surface area (Å²) in [6.45, 7) is 4.31. The van der Waals surface area contributed by atoms with Crippen molar-refractivity contribution in [1.82, 2.24) is 9.88 Å². The number of rotatable bonds is 5. The highest BCUT2D eigenvalue weighted by Gasteiger charge is 2.10. The van der Waals surface area contributed by atoms with Gasteiger partial charge in [-0.3, -0.25) is 9.59 Å². The van der Waals surface area contributed by atoms with Crippen molar-refractivity contribution in [3.05, 3.63) is 46.9 Å². The molecule has 0 aliphatic carbocycles. The van der Waals surface area contributed by atoms with Gasteiger partial charge in [0.05, 0.1) is 5.56 Å². The Kier molecular flexibility index (Phi) is 4.51. The van der Waals surface area contributed by atoms with Crippen LogP contribution in [0, 0.1) is 0 Å². The van der Waals surface area contributed by atoms with Gasteiger partial charge in [-0.1, -0.05) is 6.08 Å². The van der Waals surface area contributed by atoms with E-state index >= 15 is 0 Å². The van der Waals surface area contributed by atoms with E-state index in [1.54, 1.807) is 11.9 Å². The number of aromatic amines is 1. The summed E-state index contributed by atoms with van der Waals surface area (Å²) in [6.07, 6.45) is 5.06. The molecule has 4 heteroatoms. The van der Waals surface area contributed by atoms with Crippen LogP contribution in [-0.4, -0.2) is 29.4 Å². The molecule has 1 aromatic rings. The summed E-state index contributed by atoms with van der Waals surface area (Å²) in [5.74, 6) is -0.0830. The lowest BCUT2D eigenvalue weighted by Gasteiger charge is -2.16. The number of nitrogens with one attached hydrogen (secondary N) is 1. The Hall–Kier alpha value is -1.84. The maximum absolute atomic E-state index is 11.8. The average Bonchev–Trinajstić information content (AvgIpc) is 2.29. The van der Waals surface area contributed by atoms with Gasteiger partial charge < -0.3 is 9.88 Å². The maximum atomic E-state index is 11.8. The third kappa shape index (κ3) is 3.38. The molecule has 0 aromatic carbocycles. The number of nitrogens with zero attached hydrogens (tertiary/aromatic N) is 1. The zero-order chi connectivity index (χ0) is 12.0. The number of allylic oxidation sites excluding steroid dienone is 1. The molecule has 0 atom stereocenters. The second-order valence-electron chi connectivity index (χ2n) is 3.60. The Morgan fingerprint density at radius 2 is 2.31 bits per heavy atom. The SMILES string of the molecule is C=CCCCN(C)C(=O)c1ccc(=O)[nH]c1. The van der Waals surface area contributed by atoms with E-state index in [1.807, 2.05) is 6.08 Å². The topological polar surface area (TPSA) is 53.2 Å². The van der Waals surface area contributed by atoms with E-state index < -0.39 is 0 Å². The van der Waals surface area contributed by atoms with E-state index in [-0.39, 0.29) is 11.5 Å². The van der Waals surface area contributed by atoms with Crippen molar-refractivity contribution in [2.75, 3.05) is 13.6 Å². The Labute approximate surface area is 94.6 Å². The lowest BCUT2D eigenvalue weighted by atomic mass is 10.2. The van der Waals surface area contributed by atoms with E-state index in [1.165, 1.54) is 18.3 Å². The zero-order valence-corrected chi connectivity index (χ0v) is 9.40. The molecule has 0 aliphatic rings. The van der Waals surface area contributed by atoms with E-state index in [9.17, 15) is 9.59 Å². The largest absolute Gasteiger partial charge is 0.342 e. The second-order valence-corrected chi connectivity index (χ2v) is 3.60. The van der Waals surface area contributed by atoms with Crippen LogP contribution in [-0.2, 0) is 0 Å². The highest BCUT2D eigenvalue weighted by atomic mass is 16.2. The molecule has 4 nitrogen and oxygen atoms in total. The number of hydrogen-bond donors (Lipinski definition) is 1. The highest BCUT2D eigenvalue weighted by Crippen LogP contribution is 2.01. The van der Waals surface area contributed by atoms with Crippen molar-refractivity contribution in [2.24, 2.45) is 0 Å². The predicted molar refractivity (Wildman–Crippen MR) is 63.5 cm³/mol. The molecule has 0 aliphatic heterocycles. The summed E-state index contributed by atoms with van der Waals surface area (Å²) in [5.41, 5.74) is 0.298. The van der Waals surface area contributed by atoms with Crippen molar-refractivity contribution in [3.8, 4) is 0 Å². The van der Waals surface area contributed by atoms with Gasteiger partial charge in [0.2, 0.25) is 5.56 Å². The molecule has 0 fully saturated rings. The summed E-state index contributed by atoms with van der Waals surface area (Å²) >= 11 is 0. The molecule has 1 rings (SSSR count). The Morgan fingerprint density at radius 1 is 1.56 bits per heavy atom. The normalized spacial score (nSPS) is 9.81. The van der Waals surface area contributed by atoms with Crippen LogP contribution < -0.4 is 5.56 Å². The molecule has 1 aromatic heterocycles. The first-order valence-corrected chi connectivity index (χ1v) is 5.20. The molecule has 1 amide bonds. The monoisotopic (exact) mass is 220 g/mol. The average molecular weight is 220 g/mol. The molecule has 16 heavy (non-hydrogen) atoms. The number of unbranched alkanes of at least 4 members (excludes halogenated alkanes) is 1. The van der Waals surface area contributed by atoms with Gasteiger partial charge in [0.15, 0.2) is 0 Å². The standard InChI is InChI=1S/C12H16N2O2/c1-3-4-5-8-14(2)12(16)10-6-7-11(15)13-9-10/h3,6-7,9H,1,4-5,8H2,2H3,(H,13,15). The first-order valence-electron chi connectivity index (χ1n) is 5.20. The van der Waals surface area contributed by atoms with Crippen molar-refractivity contribution < 1.29 is 4.79 Å². The summed E-state index contributed by atoms with van der Waals surface area (Å²) < 4.78 is 0. The van der Waals surface area contributed by atoms with Crippen molar-refractivity contribution in [1.29, 1.82) is 0 Å². The van der Waals surface area contributed by atoms with Crippen LogP contribution >= 0.6 is 0 Å². The molecule has 0 radical (unpaired) electrons. The minimum Gasteiger partial charge on any atom is -0.342 e. The van der Waals surface area contributed by atoms with Crippen LogP contribution in [0.1, 0.15) is 23.2 Å². The zero-order valence-electron chi connectivity index (χ0n) is 9.40. The number of amides is 1. The number of carbonyl (C=O) groups is 1. The fourth-order valence-electron chi connectivity index (χ4n) is 1.34. The first kappa shape index (κ1) is 12.2. The summed E-state index contributed by atoms with van der Waals surface area (Å²) in [5, 5.41) is 0. The van der Waals surface area contributed by atoms with E-state index in [2.05, 4.69) is 11.6 Å². The van der Waals surface area contributed by atoms with E-state index in [0.29, 0.717) is 12.1 Å². The fraction of sp³-hybridized carbons (Fsp3) is 0.333. The minimum absolute atomic E-state index is 0.0830. The number of aromatic nitrogens is 1. The van der Waals surface area contributed by atoms with Gasteiger partial charge in [-0.05, 0) is 18.9 Å². The first-order chi connectivity index (χ1) is 7.65. The second kappa shape index (κ2) is 5.90. The summed E-state index contributed by atoms with van der Waals surface area (Å²) in [7, 11) is 1.75. The van der Waals surface area contributed by atoms with Gasteiger partial charge in [0, 0.05) is 25.9 Å². The Morgan fingerprint density at radius 3 is 2.88 bits per heavy atom. The van der Waals surface area contributed by atoms with Crippen molar-refractivity contribution in [3.63, 3.8) is 0 Å². The van der Waals surface area contributed by atoms with Crippen molar-refractivity contribution >= 4 is 5.91 Å². The highest BCUT2D eigenvalue weighted by molar-refractivity contribution is 5.93. The molecule has 0 saturated carbocycles.